The molecule has 1 rings (SSSR count). The van der Waals surface area contributed by atoms with E-state index in [1.165, 1.54) is 29.5 Å². The molecule has 1 fully saturated rings. The van der Waals surface area contributed by atoms with E-state index in [9.17, 15) is 0 Å². The second-order valence-corrected chi connectivity index (χ2v) is 5.90. The first-order chi connectivity index (χ1) is 5.33. The van der Waals surface area contributed by atoms with Crippen LogP contribution in [0.25, 0.3) is 0 Å². The van der Waals surface area contributed by atoms with Gasteiger partial charge in [-0.2, -0.15) is 0 Å². The minimum atomic E-state index is 1.11. The van der Waals surface area contributed by atoms with E-state index < -0.39 is 0 Å². The molecule has 11 heavy (non-hydrogen) atoms. The predicted octanol–water partition coefficient (Wildman–Crippen LogP) is 2.52. The van der Waals surface area contributed by atoms with Crippen molar-refractivity contribution in [3.8, 4) is 0 Å². The molecule has 0 nitrogen and oxygen atoms in total. The monoisotopic (exact) mass is 170 g/mol. The van der Waals surface area contributed by atoms with Crippen LogP contribution >= 0.6 is 0 Å². The Hall–Kier alpha value is 0.217. The van der Waals surface area contributed by atoms with E-state index in [0.717, 1.165) is 11.5 Å². The quantitative estimate of drug-likeness (QED) is 0.571. The minimum absolute atomic E-state index is 1.11. The molecule has 0 heterocycles. The summed E-state index contributed by atoms with van der Waals surface area (Å²) in [5.41, 5.74) is 1.16. The van der Waals surface area contributed by atoms with Gasteiger partial charge in [-0.3, -0.25) is 0 Å². The molecule has 0 aliphatic heterocycles. The lowest BCUT2D eigenvalue weighted by atomic mass is 9.85. The summed E-state index contributed by atoms with van der Waals surface area (Å²) in [6, 6.07) is 0. The molecular formula is C10H22Si. The van der Waals surface area contributed by atoms with Crippen LogP contribution < -0.4 is 0 Å². The summed E-state index contributed by atoms with van der Waals surface area (Å²) in [6.07, 6.45) is 10.6. The number of rotatable bonds is 3. The average molecular weight is 170 g/mol. The van der Waals surface area contributed by atoms with E-state index in [-0.39, 0.29) is 0 Å². The van der Waals surface area contributed by atoms with E-state index in [4.69, 9.17) is 0 Å². The molecule has 66 valence electrons. The molecule has 0 amide bonds. The highest BCUT2D eigenvalue weighted by Crippen LogP contribution is 2.32. The summed E-state index contributed by atoms with van der Waals surface area (Å²) in [4.78, 5) is 0. The maximum absolute atomic E-state index is 2.30. The van der Waals surface area contributed by atoms with E-state index >= 15 is 0 Å². The average Bonchev–Trinajstić information content (AvgIpc) is 2.04. The van der Waals surface area contributed by atoms with Gasteiger partial charge in [0.05, 0.1) is 0 Å². The smallest absolute Gasteiger partial charge is 0.00672 e. The van der Waals surface area contributed by atoms with Gasteiger partial charge in [-0.25, -0.2) is 0 Å². The van der Waals surface area contributed by atoms with Gasteiger partial charge in [0.15, 0.2) is 0 Å². The zero-order chi connectivity index (χ0) is 8.10. The number of unbranched alkanes of at least 4 members (excludes halogenated alkanes) is 1. The van der Waals surface area contributed by atoms with Crippen LogP contribution in [0.1, 0.15) is 51.9 Å². The summed E-state index contributed by atoms with van der Waals surface area (Å²) >= 11 is 0. The van der Waals surface area contributed by atoms with Crippen LogP contribution in [0.4, 0.5) is 0 Å². The third kappa shape index (κ3) is 3.41. The molecule has 0 aromatic rings. The Labute approximate surface area is 74.2 Å². The topological polar surface area (TPSA) is 0 Å². The molecule has 0 radical (unpaired) electrons. The van der Waals surface area contributed by atoms with Gasteiger partial charge in [0, 0.05) is 10.2 Å². The Balaban J connectivity index is 2.07. The van der Waals surface area contributed by atoms with Gasteiger partial charge in [-0.15, -0.1) is 0 Å². The first kappa shape index (κ1) is 9.31. The SMILES string of the molecule is CCCCC1CCC([SiH3])CC1. The standard InChI is InChI=1S/C10H22Si/c1-2-3-4-9-5-7-10(11)8-6-9/h9-10H,2-8H2,1,11H3. The predicted molar refractivity (Wildman–Crippen MR) is 55.2 cm³/mol. The van der Waals surface area contributed by atoms with Crippen LogP contribution in [0.2, 0.25) is 5.54 Å². The largest absolute Gasteiger partial charge is 0.0654 e. The fraction of sp³-hybridized carbons (Fsp3) is 1.00. The number of hydrogen-bond acceptors (Lipinski definition) is 0. The Kier molecular flexibility index (Phi) is 4.20. The minimum Gasteiger partial charge on any atom is -0.0654 e. The van der Waals surface area contributed by atoms with E-state index in [0.29, 0.717) is 0 Å². The Morgan fingerprint density at radius 1 is 1.18 bits per heavy atom. The highest BCUT2D eigenvalue weighted by atomic mass is 28.1. The molecule has 0 bridgehead atoms. The summed E-state index contributed by atoms with van der Waals surface area (Å²) in [5, 5.41) is 0. The van der Waals surface area contributed by atoms with Gasteiger partial charge >= 0.3 is 0 Å². The lowest BCUT2D eigenvalue weighted by Crippen LogP contribution is -2.10. The highest BCUT2D eigenvalue weighted by molar-refractivity contribution is 6.11. The first-order valence-electron chi connectivity index (χ1n) is 5.33. The van der Waals surface area contributed by atoms with Crippen molar-refractivity contribution in [3.63, 3.8) is 0 Å². The zero-order valence-corrected chi connectivity index (χ0v) is 10.1. The summed E-state index contributed by atoms with van der Waals surface area (Å²) < 4.78 is 0. The molecule has 0 spiro atoms. The maximum atomic E-state index is 2.30. The van der Waals surface area contributed by atoms with Crippen molar-refractivity contribution in [2.75, 3.05) is 0 Å². The van der Waals surface area contributed by atoms with Gasteiger partial charge in [-0.05, 0) is 5.92 Å². The number of hydrogen-bond donors (Lipinski definition) is 0. The molecule has 1 aliphatic carbocycles. The van der Waals surface area contributed by atoms with Crippen LogP contribution in [0.5, 0.6) is 0 Å². The summed E-state index contributed by atoms with van der Waals surface area (Å²) in [7, 11) is 1.45. The van der Waals surface area contributed by atoms with Crippen molar-refractivity contribution in [3.05, 3.63) is 0 Å². The molecule has 1 saturated carbocycles. The van der Waals surface area contributed by atoms with E-state index in [2.05, 4.69) is 6.92 Å². The van der Waals surface area contributed by atoms with Gasteiger partial charge < -0.3 is 0 Å². The van der Waals surface area contributed by atoms with Gasteiger partial charge in [-0.1, -0.05) is 57.4 Å². The molecule has 0 atom stereocenters. The van der Waals surface area contributed by atoms with Crippen molar-refractivity contribution in [2.24, 2.45) is 5.92 Å². The van der Waals surface area contributed by atoms with Crippen LogP contribution in [0, 0.1) is 5.92 Å². The fourth-order valence-corrected chi connectivity index (χ4v) is 2.78. The Morgan fingerprint density at radius 2 is 1.82 bits per heavy atom. The molecule has 1 heteroatoms. The van der Waals surface area contributed by atoms with E-state index in [1.54, 1.807) is 25.7 Å². The van der Waals surface area contributed by atoms with Gasteiger partial charge in [0.25, 0.3) is 0 Å². The Morgan fingerprint density at radius 3 is 2.36 bits per heavy atom. The normalized spacial score (nSPS) is 32.5. The lowest BCUT2D eigenvalue weighted by Gasteiger charge is -2.25. The van der Waals surface area contributed by atoms with Crippen LogP contribution in [0.15, 0.2) is 0 Å². The second-order valence-electron chi connectivity index (χ2n) is 4.27. The van der Waals surface area contributed by atoms with Crippen LogP contribution in [-0.2, 0) is 0 Å². The fourth-order valence-electron chi connectivity index (χ4n) is 2.11. The summed E-state index contributed by atoms with van der Waals surface area (Å²) in [5.74, 6) is 1.11. The second kappa shape index (κ2) is 4.97. The molecule has 0 saturated heterocycles. The van der Waals surface area contributed by atoms with Crippen molar-refractivity contribution in [1.29, 1.82) is 0 Å². The van der Waals surface area contributed by atoms with Gasteiger partial charge in [0.1, 0.15) is 0 Å². The molecule has 0 aromatic heterocycles. The molecular weight excluding hydrogens is 148 g/mol. The van der Waals surface area contributed by atoms with Crippen LogP contribution in [0.3, 0.4) is 0 Å². The Bertz CT molecular complexity index is 90.3. The molecule has 0 N–H and O–H groups in total. The maximum Gasteiger partial charge on any atom is 0.00672 e. The van der Waals surface area contributed by atoms with Crippen molar-refractivity contribution >= 4 is 10.2 Å². The first-order valence-corrected chi connectivity index (χ1v) is 6.48. The van der Waals surface area contributed by atoms with Crippen molar-refractivity contribution < 1.29 is 0 Å². The summed E-state index contributed by atoms with van der Waals surface area (Å²) in [6.45, 7) is 2.30. The highest BCUT2D eigenvalue weighted by Gasteiger charge is 2.16. The van der Waals surface area contributed by atoms with E-state index in [1.807, 2.05) is 0 Å². The third-order valence-corrected chi connectivity index (χ3v) is 4.26. The van der Waals surface area contributed by atoms with Crippen molar-refractivity contribution in [2.45, 2.75) is 57.4 Å². The van der Waals surface area contributed by atoms with Crippen LogP contribution in [-0.4, -0.2) is 10.2 Å². The molecule has 1 aliphatic rings. The lowest BCUT2D eigenvalue weighted by molar-refractivity contribution is 0.332. The molecule has 0 unspecified atom stereocenters. The third-order valence-electron chi connectivity index (χ3n) is 3.10. The van der Waals surface area contributed by atoms with Gasteiger partial charge in [0.2, 0.25) is 0 Å². The zero-order valence-electron chi connectivity index (χ0n) is 8.10. The molecule has 0 aromatic carbocycles. The van der Waals surface area contributed by atoms with Crippen molar-refractivity contribution in [1.82, 2.24) is 0 Å².